The second kappa shape index (κ2) is 25.1. The largest absolute Gasteiger partial charge is 0.465 e. The first-order chi connectivity index (χ1) is 18.3. The van der Waals surface area contributed by atoms with E-state index in [1.165, 1.54) is 10.8 Å². The van der Waals surface area contributed by atoms with Gasteiger partial charge in [0.05, 0.1) is 12.6 Å². The minimum absolute atomic E-state index is 0.0233. The number of rotatable bonds is 22. The van der Waals surface area contributed by atoms with Gasteiger partial charge in [-0.3, -0.25) is 4.79 Å². The van der Waals surface area contributed by atoms with Crippen molar-refractivity contribution in [3.05, 3.63) is 72.9 Å². The van der Waals surface area contributed by atoms with Gasteiger partial charge in [0.2, 0.25) is 5.91 Å². The number of aliphatic hydroxyl groups excluding tert-OH is 1. The Bertz CT molecular complexity index is 802. The second-order valence-electron chi connectivity index (χ2n) is 9.00. The van der Waals surface area contributed by atoms with Gasteiger partial charge in [0, 0.05) is 23.5 Å². The number of carbonyl (C=O) groups excluding carboxylic acids is 1. The molecule has 6 nitrogen and oxygen atoms in total. The predicted molar refractivity (Wildman–Crippen MR) is 167 cm³/mol. The molecule has 2 amide bonds. The Labute approximate surface area is 238 Å². The van der Waals surface area contributed by atoms with Crippen LogP contribution in [0.2, 0.25) is 0 Å². The molecule has 0 aliphatic rings. The molecular weight excluding hydrogens is 516 g/mol. The average molecular weight is 565 g/mol. The molecule has 8 heteroatoms. The van der Waals surface area contributed by atoms with Gasteiger partial charge < -0.3 is 20.8 Å². The summed E-state index contributed by atoms with van der Waals surface area (Å²) in [6.45, 7) is 6.19. The van der Waals surface area contributed by atoms with E-state index in [9.17, 15) is 14.7 Å². The maximum atomic E-state index is 12.0. The van der Waals surface area contributed by atoms with Crippen LogP contribution in [0, 0.1) is 0 Å². The third-order valence-corrected chi connectivity index (χ3v) is 8.58. The van der Waals surface area contributed by atoms with Crippen LogP contribution < -0.4 is 10.6 Å². The maximum absolute atomic E-state index is 12.0. The second-order valence-corrected chi connectivity index (χ2v) is 12.1. The molecule has 0 bridgehead atoms. The molecule has 0 aliphatic heterocycles. The van der Waals surface area contributed by atoms with Gasteiger partial charge in [-0.1, -0.05) is 101 Å². The van der Waals surface area contributed by atoms with E-state index in [4.69, 9.17) is 5.11 Å². The summed E-state index contributed by atoms with van der Waals surface area (Å²) in [5.41, 5.74) is 0. The fourth-order valence-corrected chi connectivity index (χ4v) is 5.60. The van der Waals surface area contributed by atoms with Crippen molar-refractivity contribution >= 4 is 33.6 Å². The molecule has 0 aromatic rings. The summed E-state index contributed by atoms with van der Waals surface area (Å²) in [6.07, 6.45) is 31.8. The molecular formula is C30H48N2O4S2. The number of nitrogens with one attached hydrogen (secondary N) is 2. The zero-order valence-electron chi connectivity index (χ0n) is 23.3. The van der Waals surface area contributed by atoms with Crippen molar-refractivity contribution in [2.75, 3.05) is 18.9 Å². The van der Waals surface area contributed by atoms with Gasteiger partial charge in [-0.25, -0.2) is 4.79 Å². The van der Waals surface area contributed by atoms with Crippen LogP contribution in [-0.2, 0) is 4.79 Å². The van der Waals surface area contributed by atoms with Gasteiger partial charge in [-0.05, 0) is 58.8 Å². The third-order valence-electron chi connectivity index (χ3n) is 5.24. The van der Waals surface area contributed by atoms with E-state index < -0.39 is 16.9 Å². The highest BCUT2D eigenvalue weighted by Crippen LogP contribution is 2.37. The number of aliphatic hydroxyl groups is 1. The molecule has 0 saturated heterocycles. The molecule has 0 radical (unpaired) electrons. The summed E-state index contributed by atoms with van der Waals surface area (Å²) < 4.78 is -0.474. The van der Waals surface area contributed by atoms with Crippen LogP contribution in [0.1, 0.15) is 72.1 Å². The van der Waals surface area contributed by atoms with Crippen LogP contribution in [0.15, 0.2) is 72.9 Å². The molecule has 0 heterocycles. The lowest BCUT2D eigenvalue weighted by atomic mass is 10.0. The summed E-state index contributed by atoms with van der Waals surface area (Å²) in [4.78, 5) is 22.8. The molecule has 0 aromatic carbocycles. The quantitative estimate of drug-likeness (QED) is 0.0623. The highest BCUT2D eigenvalue weighted by molar-refractivity contribution is 8.77. The smallest absolute Gasteiger partial charge is 0.405 e. The average Bonchev–Trinajstić information content (AvgIpc) is 2.88. The van der Waals surface area contributed by atoms with Crippen LogP contribution in [0.25, 0.3) is 0 Å². The van der Waals surface area contributed by atoms with Crippen molar-refractivity contribution < 1.29 is 19.8 Å². The summed E-state index contributed by atoms with van der Waals surface area (Å²) in [5, 5.41) is 23.5. The van der Waals surface area contributed by atoms with Crippen LogP contribution in [0.3, 0.4) is 0 Å². The zero-order valence-corrected chi connectivity index (χ0v) is 24.9. The van der Waals surface area contributed by atoms with E-state index in [1.807, 2.05) is 19.9 Å². The molecule has 38 heavy (non-hydrogen) atoms. The van der Waals surface area contributed by atoms with Gasteiger partial charge >= 0.3 is 6.09 Å². The van der Waals surface area contributed by atoms with E-state index in [2.05, 4.69) is 84.4 Å². The molecule has 0 saturated carbocycles. The Kier molecular flexibility index (Phi) is 23.7. The van der Waals surface area contributed by atoms with Gasteiger partial charge in [0.25, 0.3) is 0 Å². The van der Waals surface area contributed by atoms with Crippen molar-refractivity contribution in [1.82, 2.24) is 10.6 Å². The minimum Gasteiger partial charge on any atom is -0.465 e. The number of allylic oxidation sites excluding steroid dienone is 12. The molecule has 0 aromatic heterocycles. The van der Waals surface area contributed by atoms with Gasteiger partial charge in [-0.15, -0.1) is 0 Å². The third kappa shape index (κ3) is 23.0. The Hall–Kier alpha value is -2.16. The van der Waals surface area contributed by atoms with Crippen molar-refractivity contribution in [3.8, 4) is 0 Å². The fraction of sp³-hybridized carbons (Fsp3) is 0.533. The molecule has 0 aliphatic carbocycles. The first kappa shape index (κ1) is 35.8. The Morgan fingerprint density at radius 3 is 1.74 bits per heavy atom. The normalized spacial score (nSPS) is 13.7. The monoisotopic (exact) mass is 564 g/mol. The van der Waals surface area contributed by atoms with Gasteiger partial charge in [0.15, 0.2) is 0 Å². The summed E-state index contributed by atoms with van der Waals surface area (Å²) in [5.74, 6) is 0.723. The van der Waals surface area contributed by atoms with Crippen molar-refractivity contribution in [2.24, 2.45) is 0 Å². The Morgan fingerprint density at radius 1 is 0.816 bits per heavy atom. The minimum atomic E-state index is -1.15. The number of hydrogen-bond acceptors (Lipinski definition) is 5. The van der Waals surface area contributed by atoms with Crippen molar-refractivity contribution in [2.45, 2.75) is 82.9 Å². The predicted octanol–water partition coefficient (Wildman–Crippen LogP) is 7.37. The summed E-state index contributed by atoms with van der Waals surface area (Å²) in [7, 11) is 3.05. The number of carboxylic acid groups (broad SMARTS) is 1. The summed E-state index contributed by atoms with van der Waals surface area (Å²) in [6, 6.07) is -0.562. The zero-order chi connectivity index (χ0) is 28.3. The maximum Gasteiger partial charge on any atom is 0.405 e. The van der Waals surface area contributed by atoms with E-state index in [0.29, 0.717) is 25.1 Å². The van der Waals surface area contributed by atoms with E-state index in [0.717, 1.165) is 38.5 Å². The highest BCUT2D eigenvalue weighted by atomic mass is 33.1. The van der Waals surface area contributed by atoms with E-state index in [1.54, 1.807) is 10.8 Å². The van der Waals surface area contributed by atoms with Crippen LogP contribution in [-0.4, -0.2) is 51.9 Å². The van der Waals surface area contributed by atoms with Crippen LogP contribution in [0.4, 0.5) is 4.79 Å². The molecule has 1 unspecified atom stereocenters. The Morgan fingerprint density at radius 2 is 1.29 bits per heavy atom. The van der Waals surface area contributed by atoms with E-state index in [-0.39, 0.29) is 12.5 Å². The standard InChI is InChI=1S/C30H48N2O4S2/c1-4-5-6-7-8-9-10-11-12-13-14-15-16-17-18-19-20-21-22-23-28(34)31-24-25-37-38-30(2,3)27(26-33)32-29(35)36/h5-6,8-9,11-12,14-15,17-18,20-21,27,32-33H,4,7,10,13,16,19,22-26H2,1-3H3,(H,31,34)(H,35,36)/b6-5-,9-8-,12-11-,15-14-,18-17-,21-20-. The SMILES string of the molecule is CC/C=C\C/C=C\C/C=C\C/C=C\C/C=C\C/C=C\CCC(=O)NCCSSC(C)(C)C(CO)NC(=O)O. The molecule has 0 fully saturated rings. The molecule has 4 N–H and O–H groups in total. The van der Waals surface area contributed by atoms with Crippen molar-refractivity contribution in [3.63, 3.8) is 0 Å². The molecule has 0 rings (SSSR count). The lowest BCUT2D eigenvalue weighted by Crippen LogP contribution is -2.49. The Balaban J connectivity index is 3.77. The van der Waals surface area contributed by atoms with Gasteiger partial charge in [0.1, 0.15) is 0 Å². The lowest BCUT2D eigenvalue weighted by Gasteiger charge is -2.31. The highest BCUT2D eigenvalue weighted by Gasteiger charge is 2.31. The first-order valence-corrected chi connectivity index (χ1v) is 15.7. The number of hydrogen-bond donors (Lipinski definition) is 4. The topological polar surface area (TPSA) is 98.7 Å². The van der Waals surface area contributed by atoms with E-state index >= 15 is 0 Å². The first-order valence-electron chi connectivity index (χ1n) is 13.4. The van der Waals surface area contributed by atoms with Gasteiger partial charge in [-0.2, -0.15) is 0 Å². The number of carbonyl (C=O) groups is 2. The molecule has 214 valence electrons. The van der Waals surface area contributed by atoms with Crippen molar-refractivity contribution in [1.29, 1.82) is 0 Å². The van der Waals surface area contributed by atoms with Crippen LogP contribution >= 0.6 is 21.6 Å². The fourth-order valence-electron chi connectivity index (χ4n) is 3.01. The molecule has 1 atom stereocenters. The van der Waals surface area contributed by atoms with Crippen LogP contribution in [0.5, 0.6) is 0 Å². The number of amides is 2. The summed E-state index contributed by atoms with van der Waals surface area (Å²) >= 11 is 0. The lowest BCUT2D eigenvalue weighted by molar-refractivity contribution is -0.120. The molecule has 0 spiro atoms.